The van der Waals surface area contributed by atoms with Crippen LogP contribution in [0.5, 0.6) is 5.75 Å². The maximum Gasteiger partial charge on any atom is 0.196 e. The predicted octanol–water partition coefficient (Wildman–Crippen LogP) is 13.7. The highest BCUT2D eigenvalue weighted by molar-refractivity contribution is 6.18. The Kier molecular flexibility index (Phi) is 6.58. The second-order valence-electron chi connectivity index (χ2n) is 13.7. The van der Waals surface area contributed by atoms with Crippen LogP contribution in [0.25, 0.3) is 65.4 Å². The van der Waals surface area contributed by atoms with E-state index in [9.17, 15) is 0 Å². The van der Waals surface area contributed by atoms with E-state index in [0.29, 0.717) is 0 Å². The molecule has 1 N–H and O–H groups in total. The quantitative estimate of drug-likeness (QED) is 0.184. The highest BCUT2D eigenvalue weighted by Gasteiger charge is 2.28. The zero-order valence-corrected chi connectivity index (χ0v) is 28.7. The van der Waals surface area contributed by atoms with Crippen LogP contribution in [-0.4, -0.2) is 0 Å². The van der Waals surface area contributed by atoms with E-state index in [-0.39, 0.29) is 6.23 Å². The number of benzene rings is 9. The number of hydrogen-bond acceptors (Lipinski definition) is 4. The summed E-state index contributed by atoms with van der Waals surface area (Å²) < 4.78 is 13.1. The number of rotatable bonds is 5. The molecule has 0 aliphatic carbocycles. The third kappa shape index (κ3) is 4.69. The normalized spacial score (nSPS) is 13.8. The first kappa shape index (κ1) is 29.7. The molecule has 2 heterocycles. The molecule has 0 spiro atoms. The van der Waals surface area contributed by atoms with Gasteiger partial charge < -0.3 is 19.4 Å². The van der Waals surface area contributed by atoms with Crippen molar-refractivity contribution in [2.24, 2.45) is 0 Å². The summed E-state index contributed by atoms with van der Waals surface area (Å²) in [4.78, 5) is 2.39. The van der Waals surface area contributed by atoms with E-state index in [0.717, 1.165) is 77.9 Å². The van der Waals surface area contributed by atoms with Crippen molar-refractivity contribution in [1.82, 2.24) is 0 Å². The molecule has 53 heavy (non-hydrogen) atoms. The van der Waals surface area contributed by atoms with Gasteiger partial charge in [-0.25, -0.2) is 0 Å². The molecule has 1 aliphatic rings. The molecule has 1 aromatic heterocycles. The van der Waals surface area contributed by atoms with Crippen LogP contribution in [0.15, 0.2) is 186 Å². The first-order valence-electron chi connectivity index (χ1n) is 18.0. The lowest BCUT2D eigenvalue weighted by atomic mass is 9.95. The van der Waals surface area contributed by atoms with Crippen molar-refractivity contribution in [3.8, 4) is 16.9 Å². The Bertz CT molecular complexity index is 3030. The molecule has 1 unspecified atom stereocenters. The van der Waals surface area contributed by atoms with Gasteiger partial charge in [-0.3, -0.25) is 0 Å². The maximum atomic E-state index is 6.68. The summed E-state index contributed by atoms with van der Waals surface area (Å²) in [6.07, 6.45) is -0.261. The Morgan fingerprint density at radius 2 is 1.11 bits per heavy atom. The van der Waals surface area contributed by atoms with Crippen molar-refractivity contribution >= 4 is 77.0 Å². The van der Waals surface area contributed by atoms with Gasteiger partial charge in [0.2, 0.25) is 0 Å². The monoisotopic (exact) mass is 680 g/mol. The minimum absolute atomic E-state index is 0.261. The zero-order chi connectivity index (χ0) is 34.9. The van der Waals surface area contributed by atoms with Crippen LogP contribution in [0.3, 0.4) is 0 Å². The Labute approximate surface area is 306 Å². The van der Waals surface area contributed by atoms with Crippen LogP contribution in [0.4, 0.5) is 22.7 Å². The van der Waals surface area contributed by atoms with Gasteiger partial charge in [-0.05, 0) is 69.8 Å². The summed E-state index contributed by atoms with van der Waals surface area (Å²) in [6.45, 7) is 0. The maximum absolute atomic E-state index is 6.68. The van der Waals surface area contributed by atoms with Gasteiger partial charge in [-0.2, -0.15) is 0 Å². The van der Waals surface area contributed by atoms with Crippen molar-refractivity contribution in [1.29, 1.82) is 0 Å². The molecule has 10 aromatic rings. The topological polar surface area (TPSA) is 37.6 Å². The molecule has 0 amide bonds. The van der Waals surface area contributed by atoms with Crippen LogP contribution < -0.4 is 15.0 Å². The fourth-order valence-corrected chi connectivity index (χ4v) is 8.24. The molecule has 4 nitrogen and oxygen atoms in total. The molecule has 9 aromatic carbocycles. The zero-order valence-electron chi connectivity index (χ0n) is 28.7. The van der Waals surface area contributed by atoms with Gasteiger partial charge in [0.25, 0.3) is 0 Å². The van der Waals surface area contributed by atoms with Gasteiger partial charge in [0.1, 0.15) is 11.2 Å². The molecular formula is C49H32N2O2. The van der Waals surface area contributed by atoms with Gasteiger partial charge in [0, 0.05) is 32.8 Å². The molecule has 0 fully saturated rings. The van der Waals surface area contributed by atoms with E-state index in [2.05, 4.69) is 174 Å². The van der Waals surface area contributed by atoms with Crippen LogP contribution in [0.1, 0.15) is 11.8 Å². The third-order valence-corrected chi connectivity index (χ3v) is 10.7. The molecule has 4 heteroatoms. The summed E-state index contributed by atoms with van der Waals surface area (Å²) in [5, 5.41) is 12.9. The molecule has 1 aliphatic heterocycles. The van der Waals surface area contributed by atoms with Crippen molar-refractivity contribution < 1.29 is 9.15 Å². The molecule has 0 bridgehead atoms. The second-order valence-corrected chi connectivity index (χ2v) is 13.7. The van der Waals surface area contributed by atoms with Gasteiger partial charge in [0.15, 0.2) is 12.0 Å². The second kappa shape index (κ2) is 11.8. The fraction of sp³-hybridized carbons (Fsp3) is 0.0204. The number of para-hydroxylation sites is 1. The van der Waals surface area contributed by atoms with Crippen molar-refractivity contribution in [3.63, 3.8) is 0 Å². The van der Waals surface area contributed by atoms with Gasteiger partial charge in [0.05, 0.1) is 22.4 Å². The van der Waals surface area contributed by atoms with E-state index < -0.39 is 0 Å². The van der Waals surface area contributed by atoms with Gasteiger partial charge in [-0.15, -0.1) is 0 Å². The Morgan fingerprint density at radius 1 is 0.453 bits per heavy atom. The number of nitrogens with zero attached hydrogens (tertiary/aromatic N) is 1. The van der Waals surface area contributed by atoms with E-state index in [4.69, 9.17) is 9.15 Å². The van der Waals surface area contributed by atoms with Crippen molar-refractivity contribution in [2.45, 2.75) is 6.23 Å². The number of anilines is 4. The first-order chi connectivity index (χ1) is 26.3. The smallest absolute Gasteiger partial charge is 0.196 e. The molecule has 1 atom stereocenters. The molecule has 11 rings (SSSR count). The highest BCUT2D eigenvalue weighted by atomic mass is 16.5. The van der Waals surface area contributed by atoms with Crippen LogP contribution in [0, 0.1) is 0 Å². The molecule has 0 saturated heterocycles. The predicted molar refractivity (Wildman–Crippen MR) is 220 cm³/mol. The molecule has 0 radical (unpaired) electrons. The van der Waals surface area contributed by atoms with E-state index >= 15 is 0 Å². The number of nitrogens with one attached hydrogen (secondary N) is 1. The molecule has 0 saturated carbocycles. The number of hydrogen-bond donors (Lipinski definition) is 1. The largest absolute Gasteiger partial charge is 0.464 e. The number of ether oxygens (including phenoxy) is 1. The fourth-order valence-electron chi connectivity index (χ4n) is 8.24. The summed E-state index contributed by atoms with van der Waals surface area (Å²) in [6, 6.07) is 64.4. The summed E-state index contributed by atoms with van der Waals surface area (Å²) in [7, 11) is 0. The van der Waals surface area contributed by atoms with Crippen LogP contribution >= 0.6 is 0 Å². The van der Waals surface area contributed by atoms with Crippen LogP contribution in [0.2, 0.25) is 0 Å². The minimum Gasteiger partial charge on any atom is -0.464 e. The Hall–Kier alpha value is -7.04. The van der Waals surface area contributed by atoms with E-state index in [1.165, 1.54) is 21.5 Å². The summed E-state index contributed by atoms with van der Waals surface area (Å²) in [5.74, 6) is 0.899. The third-order valence-electron chi connectivity index (χ3n) is 10.7. The molecule has 250 valence electrons. The molecular weight excluding hydrogens is 649 g/mol. The SMILES string of the molecule is c1ccc(C2Nc3c(c4ccccc4c4ccc(-c5cccc(N(c6cccc7ccccc67)c6cccc7oc8ccccc8c67)c5)cc34)O2)cc1. The lowest BCUT2D eigenvalue weighted by Gasteiger charge is -2.28. The van der Waals surface area contributed by atoms with Gasteiger partial charge >= 0.3 is 0 Å². The van der Waals surface area contributed by atoms with E-state index in [1.807, 2.05) is 18.2 Å². The number of furan rings is 1. The first-order valence-corrected chi connectivity index (χ1v) is 18.0. The van der Waals surface area contributed by atoms with Crippen LogP contribution in [-0.2, 0) is 0 Å². The summed E-state index contributed by atoms with van der Waals surface area (Å²) >= 11 is 0. The van der Waals surface area contributed by atoms with E-state index in [1.54, 1.807) is 0 Å². The number of fused-ring (bicyclic) bond motifs is 10. The Morgan fingerprint density at radius 3 is 2.02 bits per heavy atom. The highest BCUT2D eigenvalue weighted by Crippen LogP contribution is 2.50. The average molecular weight is 681 g/mol. The minimum atomic E-state index is -0.261. The van der Waals surface area contributed by atoms with Crippen molar-refractivity contribution in [2.75, 3.05) is 10.2 Å². The van der Waals surface area contributed by atoms with Gasteiger partial charge in [-0.1, -0.05) is 140 Å². The lowest BCUT2D eigenvalue weighted by molar-refractivity contribution is 0.262. The average Bonchev–Trinajstić information content (AvgIpc) is 3.85. The Balaban J connectivity index is 1.11. The van der Waals surface area contributed by atoms with Crippen molar-refractivity contribution in [3.05, 3.63) is 188 Å². The standard InChI is InChI=1S/C49H32N2O2/c1-2-14-32(15-3-1)49-50-47-41-30-34(27-28-38(41)37-20-6-7-21-39(37)48(47)53-49)33-17-10-18-35(29-33)51(42-23-11-16-31-13-4-5-19-36(31)42)43-24-12-26-45-46(43)40-22-8-9-25-44(40)52-45/h1-30,49-50H. The lowest BCUT2D eigenvalue weighted by Crippen LogP contribution is -2.11. The summed E-state index contributed by atoms with van der Waals surface area (Å²) in [5.41, 5.74) is 9.36.